The Kier molecular flexibility index (Phi) is 4.02. The molecule has 0 fully saturated rings. The zero-order chi connectivity index (χ0) is 14.8. The second-order valence-electron chi connectivity index (χ2n) is 5.78. The molecule has 0 spiro atoms. The molecule has 1 unspecified atom stereocenters. The molecule has 0 aliphatic carbocycles. The van der Waals surface area contributed by atoms with Gasteiger partial charge in [-0.05, 0) is 38.5 Å². The summed E-state index contributed by atoms with van der Waals surface area (Å²) in [7, 11) is 0. The van der Waals surface area contributed by atoms with Crippen LogP contribution in [0.2, 0.25) is 0 Å². The molecule has 0 bridgehead atoms. The van der Waals surface area contributed by atoms with E-state index < -0.39 is 5.41 Å². The lowest BCUT2D eigenvalue weighted by atomic mass is 9.97. The Labute approximate surface area is 119 Å². The molecule has 0 saturated carbocycles. The normalized spacial score (nSPS) is 14.8. The summed E-state index contributed by atoms with van der Waals surface area (Å²) in [6.07, 6.45) is 1.95. The third-order valence-corrected chi connectivity index (χ3v) is 3.01. The van der Waals surface area contributed by atoms with E-state index in [9.17, 15) is 4.79 Å². The molecule has 0 N–H and O–H groups in total. The second kappa shape index (κ2) is 5.57. The molecule has 1 aliphatic rings. The fourth-order valence-electron chi connectivity index (χ4n) is 1.82. The van der Waals surface area contributed by atoms with Gasteiger partial charge < -0.3 is 14.2 Å². The van der Waals surface area contributed by atoms with Crippen LogP contribution in [0.25, 0.3) is 0 Å². The number of rotatable bonds is 4. The summed E-state index contributed by atoms with van der Waals surface area (Å²) in [6.45, 7) is 9.45. The zero-order valence-electron chi connectivity index (χ0n) is 12.1. The van der Waals surface area contributed by atoms with Gasteiger partial charge in [0, 0.05) is 6.42 Å². The van der Waals surface area contributed by atoms with Gasteiger partial charge in [0.15, 0.2) is 11.5 Å². The van der Waals surface area contributed by atoms with Crippen LogP contribution < -0.4 is 9.47 Å². The van der Waals surface area contributed by atoms with E-state index in [-0.39, 0.29) is 18.9 Å². The molecule has 108 valence electrons. The van der Waals surface area contributed by atoms with Gasteiger partial charge in [-0.15, -0.1) is 6.58 Å². The number of ether oxygens (including phenoxy) is 3. The number of fused-ring (bicyclic) bond motifs is 1. The fraction of sp³-hybridized carbons (Fsp3) is 0.438. The van der Waals surface area contributed by atoms with Crippen LogP contribution in [-0.4, -0.2) is 12.8 Å². The third kappa shape index (κ3) is 3.13. The van der Waals surface area contributed by atoms with E-state index in [4.69, 9.17) is 14.2 Å². The molecule has 4 nitrogen and oxygen atoms in total. The van der Waals surface area contributed by atoms with Crippen LogP contribution in [0.15, 0.2) is 30.9 Å². The van der Waals surface area contributed by atoms with Crippen molar-refractivity contribution in [2.75, 3.05) is 6.79 Å². The van der Waals surface area contributed by atoms with E-state index in [0.29, 0.717) is 17.9 Å². The Bertz CT molecular complexity index is 514. The van der Waals surface area contributed by atoms with Crippen LogP contribution in [0, 0.1) is 5.41 Å². The minimum absolute atomic E-state index is 0.229. The zero-order valence-corrected chi connectivity index (χ0v) is 12.1. The van der Waals surface area contributed by atoms with Gasteiger partial charge in [-0.1, -0.05) is 12.1 Å². The van der Waals surface area contributed by atoms with Crippen molar-refractivity contribution in [1.82, 2.24) is 0 Å². The van der Waals surface area contributed by atoms with Crippen LogP contribution in [-0.2, 0) is 9.53 Å². The molecular weight excluding hydrogens is 256 g/mol. The summed E-state index contributed by atoms with van der Waals surface area (Å²) >= 11 is 0. The topological polar surface area (TPSA) is 44.8 Å². The van der Waals surface area contributed by atoms with Crippen molar-refractivity contribution >= 4 is 5.97 Å². The Morgan fingerprint density at radius 2 is 2.10 bits per heavy atom. The van der Waals surface area contributed by atoms with Crippen LogP contribution in [0.1, 0.15) is 38.9 Å². The quantitative estimate of drug-likeness (QED) is 0.622. The Hall–Kier alpha value is -1.97. The molecule has 1 aromatic carbocycles. The van der Waals surface area contributed by atoms with Crippen molar-refractivity contribution in [2.45, 2.75) is 33.3 Å². The van der Waals surface area contributed by atoms with E-state index in [1.807, 2.05) is 39.0 Å². The highest BCUT2D eigenvalue weighted by atomic mass is 16.7. The molecule has 0 saturated heterocycles. The van der Waals surface area contributed by atoms with Gasteiger partial charge in [0.1, 0.15) is 6.10 Å². The number of hydrogen-bond acceptors (Lipinski definition) is 4. The lowest BCUT2D eigenvalue weighted by molar-refractivity contribution is -0.158. The highest BCUT2D eigenvalue weighted by Gasteiger charge is 2.27. The van der Waals surface area contributed by atoms with Crippen molar-refractivity contribution in [3.8, 4) is 11.5 Å². The first kappa shape index (κ1) is 14.4. The van der Waals surface area contributed by atoms with Gasteiger partial charge >= 0.3 is 5.97 Å². The maximum atomic E-state index is 12.0. The van der Waals surface area contributed by atoms with E-state index in [2.05, 4.69) is 6.58 Å². The summed E-state index contributed by atoms with van der Waals surface area (Å²) in [4.78, 5) is 12.0. The molecule has 4 heteroatoms. The average Bonchev–Trinajstić information content (AvgIpc) is 2.84. The van der Waals surface area contributed by atoms with E-state index in [0.717, 1.165) is 5.56 Å². The Balaban J connectivity index is 2.20. The maximum absolute atomic E-state index is 12.0. The lowest BCUT2D eigenvalue weighted by Gasteiger charge is -2.23. The minimum Gasteiger partial charge on any atom is -0.457 e. The standard InChI is InChI=1S/C16H20O4/c1-5-6-12(20-15(17)16(2,3)4)11-7-8-13-14(9-11)19-10-18-13/h5,7-9,12H,1,6,10H2,2-4H3. The number of carbonyl (C=O) groups excluding carboxylic acids is 1. The molecule has 1 aliphatic heterocycles. The SMILES string of the molecule is C=CCC(OC(=O)C(C)(C)C)c1ccc2c(c1)OCO2. The first-order chi connectivity index (χ1) is 9.41. The second-order valence-corrected chi connectivity index (χ2v) is 5.78. The van der Waals surface area contributed by atoms with Crippen LogP contribution in [0.4, 0.5) is 0 Å². The van der Waals surface area contributed by atoms with Crippen molar-refractivity contribution in [3.63, 3.8) is 0 Å². The van der Waals surface area contributed by atoms with E-state index in [1.165, 1.54) is 0 Å². The first-order valence-electron chi connectivity index (χ1n) is 6.63. The molecule has 20 heavy (non-hydrogen) atoms. The largest absolute Gasteiger partial charge is 0.457 e. The first-order valence-corrected chi connectivity index (χ1v) is 6.63. The number of carbonyl (C=O) groups is 1. The molecule has 1 aromatic rings. The summed E-state index contributed by atoms with van der Waals surface area (Å²) in [5, 5.41) is 0. The summed E-state index contributed by atoms with van der Waals surface area (Å²) in [6, 6.07) is 5.57. The fourth-order valence-corrected chi connectivity index (χ4v) is 1.82. The maximum Gasteiger partial charge on any atom is 0.311 e. The van der Waals surface area contributed by atoms with Crippen LogP contribution >= 0.6 is 0 Å². The molecule has 0 radical (unpaired) electrons. The molecular formula is C16H20O4. The smallest absolute Gasteiger partial charge is 0.311 e. The number of esters is 1. The molecule has 2 rings (SSSR count). The van der Waals surface area contributed by atoms with Crippen molar-refractivity contribution in [3.05, 3.63) is 36.4 Å². The third-order valence-electron chi connectivity index (χ3n) is 3.01. The highest BCUT2D eigenvalue weighted by molar-refractivity contribution is 5.75. The molecule has 1 heterocycles. The van der Waals surface area contributed by atoms with Gasteiger partial charge in [0.25, 0.3) is 0 Å². The average molecular weight is 276 g/mol. The Morgan fingerprint density at radius 1 is 1.40 bits per heavy atom. The Morgan fingerprint density at radius 3 is 2.75 bits per heavy atom. The summed E-state index contributed by atoms with van der Waals surface area (Å²) in [5.41, 5.74) is 0.349. The van der Waals surface area contributed by atoms with Crippen molar-refractivity contribution in [1.29, 1.82) is 0 Å². The molecule has 0 amide bonds. The van der Waals surface area contributed by atoms with Crippen LogP contribution in [0.3, 0.4) is 0 Å². The van der Waals surface area contributed by atoms with Gasteiger partial charge in [0.2, 0.25) is 6.79 Å². The predicted molar refractivity (Wildman–Crippen MR) is 75.7 cm³/mol. The van der Waals surface area contributed by atoms with E-state index >= 15 is 0 Å². The number of benzene rings is 1. The van der Waals surface area contributed by atoms with E-state index in [1.54, 1.807) is 6.08 Å². The highest BCUT2D eigenvalue weighted by Crippen LogP contribution is 2.36. The molecule has 1 atom stereocenters. The predicted octanol–water partition coefficient (Wildman–Crippen LogP) is 3.62. The van der Waals surface area contributed by atoms with Gasteiger partial charge in [0.05, 0.1) is 5.41 Å². The van der Waals surface area contributed by atoms with Crippen LogP contribution in [0.5, 0.6) is 11.5 Å². The van der Waals surface area contributed by atoms with Gasteiger partial charge in [-0.2, -0.15) is 0 Å². The summed E-state index contributed by atoms with van der Waals surface area (Å²) in [5.74, 6) is 1.17. The minimum atomic E-state index is -0.532. The molecule has 0 aromatic heterocycles. The van der Waals surface area contributed by atoms with Gasteiger partial charge in [-0.3, -0.25) is 4.79 Å². The van der Waals surface area contributed by atoms with Crippen molar-refractivity contribution < 1.29 is 19.0 Å². The monoisotopic (exact) mass is 276 g/mol. The van der Waals surface area contributed by atoms with Crippen molar-refractivity contribution in [2.24, 2.45) is 5.41 Å². The number of hydrogen-bond donors (Lipinski definition) is 0. The summed E-state index contributed by atoms with van der Waals surface area (Å²) < 4.78 is 16.2. The lowest BCUT2D eigenvalue weighted by Crippen LogP contribution is -2.24. The van der Waals surface area contributed by atoms with Gasteiger partial charge in [-0.25, -0.2) is 0 Å².